The molecular formula is C12H23ClN2O5. The van der Waals surface area contributed by atoms with Gasteiger partial charge < -0.3 is 14.9 Å². The van der Waals surface area contributed by atoms with E-state index in [1.165, 1.54) is 11.3 Å². The van der Waals surface area contributed by atoms with E-state index < -0.39 is 12.3 Å². The van der Waals surface area contributed by atoms with Crippen LogP contribution >= 0.6 is 11.6 Å². The molecule has 3 N–H and O–H groups in total. The molecule has 8 heteroatoms. The van der Waals surface area contributed by atoms with E-state index in [1.807, 2.05) is 0 Å². The summed E-state index contributed by atoms with van der Waals surface area (Å²) < 4.78 is 5.44. The highest BCUT2D eigenvalue weighted by molar-refractivity contribution is 6.15. The van der Waals surface area contributed by atoms with Crippen molar-refractivity contribution >= 4 is 24.0 Å². The van der Waals surface area contributed by atoms with Crippen LogP contribution in [0, 0.1) is 0 Å². The number of urea groups is 1. The SMILES string of the molecule is C/C=C\N(C(=O)NC=O)C1CCC(CO)O1.CCl.CO. The van der Waals surface area contributed by atoms with Crippen LogP contribution in [0.25, 0.3) is 0 Å². The van der Waals surface area contributed by atoms with Crippen LogP contribution in [0.4, 0.5) is 4.79 Å². The summed E-state index contributed by atoms with van der Waals surface area (Å²) in [7, 11) is 1.00. The first-order valence-corrected chi connectivity index (χ1v) is 6.72. The number of hydrogen-bond acceptors (Lipinski definition) is 5. The number of hydrogen-bond donors (Lipinski definition) is 3. The monoisotopic (exact) mass is 310 g/mol. The number of carbonyl (C=O) groups is 2. The van der Waals surface area contributed by atoms with Gasteiger partial charge >= 0.3 is 6.03 Å². The Balaban J connectivity index is 0. The molecule has 1 aliphatic rings. The molecule has 2 atom stereocenters. The van der Waals surface area contributed by atoms with Crippen LogP contribution in [0.2, 0.25) is 0 Å². The minimum atomic E-state index is -0.531. The zero-order chi connectivity index (χ0) is 16.0. The van der Waals surface area contributed by atoms with Gasteiger partial charge in [-0.1, -0.05) is 6.08 Å². The number of imide groups is 1. The number of alkyl halides is 1. The molecule has 0 aromatic rings. The number of rotatable bonds is 4. The number of nitrogens with zero attached hydrogens (tertiary/aromatic N) is 1. The Kier molecular flexibility index (Phi) is 15.1. The summed E-state index contributed by atoms with van der Waals surface area (Å²) in [5.74, 6) is 0. The molecular weight excluding hydrogens is 288 g/mol. The second kappa shape index (κ2) is 14.3. The highest BCUT2D eigenvalue weighted by Crippen LogP contribution is 2.22. The maximum Gasteiger partial charge on any atom is 0.329 e. The quantitative estimate of drug-likeness (QED) is 0.523. The summed E-state index contributed by atoms with van der Waals surface area (Å²) in [5.41, 5.74) is 0. The molecule has 0 aromatic carbocycles. The summed E-state index contributed by atoms with van der Waals surface area (Å²) in [6.07, 6.45) is 5.71. The fourth-order valence-corrected chi connectivity index (χ4v) is 1.61. The van der Waals surface area contributed by atoms with E-state index in [2.05, 4.69) is 16.9 Å². The number of carbonyl (C=O) groups excluding carboxylic acids is 2. The summed E-state index contributed by atoms with van der Waals surface area (Å²) in [4.78, 5) is 23.0. The van der Waals surface area contributed by atoms with Crippen LogP contribution in [0.15, 0.2) is 12.3 Å². The minimum absolute atomic E-state index is 0.0600. The fraction of sp³-hybridized carbons (Fsp3) is 0.667. The molecule has 1 heterocycles. The van der Waals surface area contributed by atoms with Gasteiger partial charge in [0.05, 0.1) is 12.7 Å². The number of halogens is 1. The van der Waals surface area contributed by atoms with Crippen molar-refractivity contribution in [1.82, 2.24) is 10.2 Å². The molecule has 20 heavy (non-hydrogen) atoms. The van der Waals surface area contributed by atoms with E-state index in [-0.39, 0.29) is 12.7 Å². The van der Waals surface area contributed by atoms with Gasteiger partial charge in [-0.15, -0.1) is 11.6 Å². The standard InChI is InChI=1S/C10H16N2O4.CH3Cl.CH4O/c1-2-5-12(10(15)11-7-14)9-4-3-8(6-13)16-9;2*1-2/h2,5,7-9,13H,3-4,6H2,1H3,(H,11,14,15);1H3;2H,1H3/b5-2-;;. The van der Waals surface area contributed by atoms with Crippen LogP contribution < -0.4 is 5.32 Å². The van der Waals surface area contributed by atoms with Crippen molar-refractivity contribution < 1.29 is 24.5 Å². The maximum absolute atomic E-state index is 11.5. The molecule has 0 radical (unpaired) electrons. The Morgan fingerprint density at radius 2 is 2.05 bits per heavy atom. The topological polar surface area (TPSA) is 99.1 Å². The number of aliphatic hydroxyl groups is 2. The van der Waals surface area contributed by atoms with Crippen molar-refractivity contribution in [1.29, 1.82) is 0 Å². The number of ether oxygens (including phenoxy) is 1. The minimum Gasteiger partial charge on any atom is -0.400 e. The van der Waals surface area contributed by atoms with E-state index in [9.17, 15) is 9.59 Å². The van der Waals surface area contributed by atoms with Crippen LogP contribution in [0.3, 0.4) is 0 Å². The molecule has 3 amide bonds. The van der Waals surface area contributed by atoms with Gasteiger partial charge in [0.25, 0.3) is 0 Å². The predicted octanol–water partition coefficient (Wildman–Crippen LogP) is 0.649. The summed E-state index contributed by atoms with van der Waals surface area (Å²) in [6, 6.07) is -0.531. The van der Waals surface area contributed by atoms with E-state index in [0.717, 1.165) is 7.11 Å². The van der Waals surface area contributed by atoms with Gasteiger partial charge in [0.15, 0.2) is 0 Å². The lowest BCUT2D eigenvalue weighted by molar-refractivity contribution is -0.109. The van der Waals surface area contributed by atoms with Crippen molar-refractivity contribution in [3.05, 3.63) is 12.3 Å². The third-order valence-electron chi connectivity index (χ3n) is 2.33. The van der Waals surface area contributed by atoms with E-state index in [4.69, 9.17) is 14.9 Å². The number of amides is 3. The highest BCUT2D eigenvalue weighted by atomic mass is 35.5. The molecule has 2 unspecified atom stereocenters. The maximum atomic E-state index is 11.5. The molecule has 1 aliphatic heterocycles. The van der Waals surface area contributed by atoms with Crippen molar-refractivity contribution in [2.75, 3.05) is 20.1 Å². The Labute approximate surface area is 124 Å². The number of nitrogens with one attached hydrogen (secondary N) is 1. The van der Waals surface area contributed by atoms with Gasteiger partial charge in [0.2, 0.25) is 6.41 Å². The molecule has 0 aliphatic carbocycles. The molecule has 118 valence electrons. The Morgan fingerprint density at radius 3 is 2.45 bits per heavy atom. The van der Waals surface area contributed by atoms with Crippen molar-refractivity contribution in [2.24, 2.45) is 0 Å². The smallest absolute Gasteiger partial charge is 0.329 e. The van der Waals surface area contributed by atoms with Gasteiger partial charge in [0, 0.05) is 19.7 Å². The lowest BCUT2D eigenvalue weighted by atomic mass is 10.2. The van der Waals surface area contributed by atoms with Crippen molar-refractivity contribution in [3.63, 3.8) is 0 Å². The lowest BCUT2D eigenvalue weighted by Crippen LogP contribution is -2.42. The zero-order valence-electron chi connectivity index (χ0n) is 12.0. The molecule has 1 rings (SSSR count). The number of aliphatic hydroxyl groups excluding tert-OH is 2. The Bertz CT molecular complexity index is 289. The second-order valence-electron chi connectivity index (χ2n) is 3.43. The highest BCUT2D eigenvalue weighted by Gasteiger charge is 2.31. The van der Waals surface area contributed by atoms with E-state index in [1.54, 1.807) is 19.2 Å². The van der Waals surface area contributed by atoms with Gasteiger partial charge in [-0.05, 0) is 19.8 Å². The van der Waals surface area contributed by atoms with Gasteiger partial charge in [-0.25, -0.2) is 4.79 Å². The average molecular weight is 311 g/mol. The molecule has 1 fully saturated rings. The molecule has 7 nitrogen and oxygen atoms in total. The average Bonchev–Trinajstić information content (AvgIpc) is 2.97. The third kappa shape index (κ3) is 7.44. The first-order valence-electron chi connectivity index (χ1n) is 5.97. The number of allylic oxidation sites excluding steroid dienone is 1. The lowest BCUT2D eigenvalue weighted by Gasteiger charge is -2.24. The first kappa shape index (κ1) is 21.2. The third-order valence-corrected chi connectivity index (χ3v) is 2.33. The molecule has 0 saturated carbocycles. The molecule has 0 bridgehead atoms. The largest absolute Gasteiger partial charge is 0.400 e. The fourth-order valence-electron chi connectivity index (χ4n) is 1.61. The predicted molar refractivity (Wildman–Crippen MR) is 76.1 cm³/mol. The van der Waals surface area contributed by atoms with E-state index in [0.29, 0.717) is 19.3 Å². The Morgan fingerprint density at radius 1 is 1.45 bits per heavy atom. The summed E-state index contributed by atoms with van der Waals surface area (Å²) >= 11 is 4.64. The molecule has 1 saturated heterocycles. The summed E-state index contributed by atoms with van der Waals surface area (Å²) in [5, 5.41) is 18.0. The summed E-state index contributed by atoms with van der Waals surface area (Å²) in [6.45, 7) is 1.70. The zero-order valence-corrected chi connectivity index (χ0v) is 12.7. The van der Waals surface area contributed by atoms with Crippen LogP contribution in [0.1, 0.15) is 19.8 Å². The van der Waals surface area contributed by atoms with Crippen LogP contribution in [-0.2, 0) is 9.53 Å². The van der Waals surface area contributed by atoms with Gasteiger partial charge in [-0.2, -0.15) is 0 Å². The normalized spacial score (nSPS) is 20.3. The van der Waals surface area contributed by atoms with Gasteiger partial charge in [-0.3, -0.25) is 15.0 Å². The van der Waals surface area contributed by atoms with E-state index >= 15 is 0 Å². The van der Waals surface area contributed by atoms with Crippen LogP contribution in [-0.4, -0.2) is 60.0 Å². The van der Waals surface area contributed by atoms with Crippen molar-refractivity contribution in [3.8, 4) is 0 Å². The van der Waals surface area contributed by atoms with Crippen molar-refractivity contribution in [2.45, 2.75) is 32.1 Å². The molecule has 0 aromatic heterocycles. The van der Waals surface area contributed by atoms with Gasteiger partial charge in [0.1, 0.15) is 6.23 Å². The molecule has 0 spiro atoms. The Hall–Kier alpha value is -1.15. The van der Waals surface area contributed by atoms with Crippen LogP contribution in [0.5, 0.6) is 0 Å². The first-order chi connectivity index (χ1) is 9.72. The second-order valence-corrected chi connectivity index (χ2v) is 3.43.